The van der Waals surface area contributed by atoms with E-state index >= 15 is 0 Å². The zero-order chi connectivity index (χ0) is 8.55. The molecule has 0 aromatic rings. The van der Waals surface area contributed by atoms with E-state index in [-0.39, 0.29) is 12.0 Å². The lowest BCUT2D eigenvalue weighted by atomic mass is 9.94. The summed E-state index contributed by atoms with van der Waals surface area (Å²) in [4.78, 5) is 11.3. The number of hydrogen-bond donors (Lipinski definition) is 1. The van der Waals surface area contributed by atoms with Crippen LogP contribution in [0.2, 0.25) is 0 Å². The Morgan fingerprint density at radius 2 is 2.33 bits per heavy atom. The van der Waals surface area contributed by atoms with Crippen molar-refractivity contribution in [2.45, 2.75) is 25.3 Å². The molecule has 0 amide bonds. The molecule has 1 aliphatic heterocycles. The first-order chi connectivity index (χ1) is 5.83. The third-order valence-corrected chi connectivity index (χ3v) is 3.20. The van der Waals surface area contributed by atoms with Gasteiger partial charge in [0.1, 0.15) is 6.04 Å². The van der Waals surface area contributed by atoms with Crippen molar-refractivity contribution in [3.8, 4) is 0 Å². The second-order valence-electron chi connectivity index (χ2n) is 3.76. The molecule has 1 aliphatic carbocycles. The van der Waals surface area contributed by atoms with Crippen LogP contribution in [0.1, 0.15) is 19.3 Å². The van der Waals surface area contributed by atoms with E-state index in [1.54, 1.807) is 0 Å². The topological polar surface area (TPSA) is 38.3 Å². The van der Waals surface area contributed by atoms with Crippen molar-refractivity contribution in [1.82, 2.24) is 5.32 Å². The van der Waals surface area contributed by atoms with E-state index in [1.165, 1.54) is 26.4 Å². The average Bonchev–Trinajstić information content (AvgIpc) is 2.62. The second kappa shape index (κ2) is 3.05. The molecule has 3 heteroatoms. The number of nitrogens with one attached hydrogen (secondary N) is 1. The monoisotopic (exact) mass is 169 g/mol. The fourth-order valence-corrected chi connectivity index (χ4v) is 2.57. The van der Waals surface area contributed by atoms with Gasteiger partial charge in [-0.3, -0.25) is 4.79 Å². The molecule has 1 saturated heterocycles. The van der Waals surface area contributed by atoms with Crippen LogP contribution in [-0.4, -0.2) is 25.7 Å². The smallest absolute Gasteiger partial charge is 0.323 e. The maximum atomic E-state index is 11.3. The molecule has 12 heavy (non-hydrogen) atoms. The molecule has 3 unspecified atom stereocenters. The van der Waals surface area contributed by atoms with E-state index in [0.717, 1.165) is 12.5 Å². The zero-order valence-electron chi connectivity index (χ0n) is 7.38. The summed E-state index contributed by atoms with van der Waals surface area (Å²) in [7, 11) is 1.46. The Morgan fingerprint density at radius 1 is 1.50 bits per heavy atom. The summed E-state index contributed by atoms with van der Waals surface area (Å²) in [6, 6.07) is -0.0116. The van der Waals surface area contributed by atoms with Crippen LogP contribution in [0.25, 0.3) is 0 Å². The van der Waals surface area contributed by atoms with Crippen LogP contribution in [0.15, 0.2) is 0 Å². The molecule has 0 bridgehead atoms. The molecular formula is C9H15NO2. The average molecular weight is 169 g/mol. The molecule has 0 spiro atoms. The van der Waals surface area contributed by atoms with Crippen molar-refractivity contribution in [3.63, 3.8) is 0 Å². The van der Waals surface area contributed by atoms with Crippen molar-refractivity contribution in [1.29, 1.82) is 0 Å². The third kappa shape index (κ3) is 1.12. The second-order valence-corrected chi connectivity index (χ2v) is 3.76. The molecule has 1 N–H and O–H groups in total. The summed E-state index contributed by atoms with van der Waals surface area (Å²) in [5, 5.41) is 3.23. The van der Waals surface area contributed by atoms with Gasteiger partial charge in [0.05, 0.1) is 7.11 Å². The standard InChI is InChI=1S/C9H15NO2/c1-12-9(11)8-7-4-2-3-6(7)5-10-8/h6-8,10H,2-5H2,1H3. The molecule has 0 aromatic heterocycles. The van der Waals surface area contributed by atoms with Gasteiger partial charge in [0.25, 0.3) is 0 Å². The minimum absolute atomic E-state index is 0.0116. The molecular weight excluding hydrogens is 154 g/mol. The lowest BCUT2D eigenvalue weighted by Gasteiger charge is -2.14. The molecule has 68 valence electrons. The minimum Gasteiger partial charge on any atom is -0.468 e. The number of carbonyl (C=O) groups excluding carboxylic acids is 1. The van der Waals surface area contributed by atoms with Crippen molar-refractivity contribution in [3.05, 3.63) is 0 Å². The highest BCUT2D eigenvalue weighted by Gasteiger charge is 2.42. The van der Waals surface area contributed by atoms with E-state index in [9.17, 15) is 4.79 Å². The van der Waals surface area contributed by atoms with Crippen LogP contribution < -0.4 is 5.32 Å². The maximum absolute atomic E-state index is 11.3. The molecule has 2 rings (SSSR count). The van der Waals surface area contributed by atoms with Gasteiger partial charge in [-0.15, -0.1) is 0 Å². The predicted octanol–water partition coefficient (Wildman–Crippen LogP) is 0.547. The van der Waals surface area contributed by atoms with Gasteiger partial charge in [-0.25, -0.2) is 0 Å². The van der Waals surface area contributed by atoms with Gasteiger partial charge in [-0.1, -0.05) is 6.42 Å². The van der Waals surface area contributed by atoms with Gasteiger partial charge in [0.2, 0.25) is 0 Å². The van der Waals surface area contributed by atoms with E-state index in [1.807, 2.05) is 0 Å². The Hall–Kier alpha value is -0.570. The van der Waals surface area contributed by atoms with Crippen molar-refractivity contribution in [2.75, 3.05) is 13.7 Å². The maximum Gasteiger partial charge on any atom is 0.323 e. The zero-order valence-corrected chi connectivity index (χ0v) is 7.38. The Bertz CT molecular complexity index is 193. The van der Waals surface area contributed by atoms with E-state index in [4.69, 9.17) is 4.74 Å². The van der Waals surface area contributed by atoms with E-state index in [2.05, 4.69) is 5.32 Å². The van der Waals surface area contributed by atoms with Crippen molar-refractivity contribution < 1.29 is 9.53 Å². The first-order valence-electron chi connectivity index (χ1n) is 4.64. The van der Waals surface area contributed by atoms with Crippen molar-refractivity contribution >= 4 is 5.97 Å². The predicted molar refractivity (Wildman–Crippen MR) is 44.6 cm³/mol. The summed E-state index contributed by atoms with van der Waals surface area (Å²) >= 11 is 0. The van der Waals surface area contributed by atoms with Gasteiger partial charge in [0, 0.05) is 0 Å². The molecule has 0 radical (unpaired) electrons. The summed E-state index contributed by atoms with van der Waals surface area (Å²) in [5.74, 6) is 1.20. The van der Waals surface area contributed by atoms with Crippen LogP contribution in [0.3, 0.4) is 0 Å². The summed E-state index contributed by atoms with van der Waals surface area (Å²) in [6.07, 6.45) is 3.76. The van der Waals surface area contributed by atoms with Gasteiger partial charge in [0.15, 0.2) is 0 Å². The van der Waals surface area contributed by atoms with Gasteiger partial charge < -0.3 is 10.1 Å². The minimum atomic E-state index is -0.0793. The molecule has 1 heterocycles. The molecule has 2 aliphatic rings. The Morgan fingerprint density at radius 3 is 3.08 bits per heavy atom. The van der Waals surface area contributed by atoms with Gasteiger partial charge >= 0.3 is 5.97 Å². The lowest BCUT2D eigenvalue weighted by Crippen LogP contribution is -2.36. The highest BCUT2D eigenvalue weighted by Crippen LogP contribution is 2.37. The summed E-state index contributed by atoms with van der Waals surface area (Å²) < 4.78 is 4.74. The van der Waals surface area contributed by atoms with Crippen LogP contribution in [0, 0.1) is 11.8 Å². The number of hydrogen-bond acceptors (Lipinski definition) is 3. The van der Waals surface area contributed by atoms with Crippen LogP contribution in [0.4, 0.5) is 0 Å². The first-order valence-corrected chi connectivity index (χ1v) is 4.64. The fraction of sp³-hybridized carbons (Fsp3) is 0.889. The van der Waals surface area contributed by atoms with Gasteiger partial charge in [-0.05, 0) is 31.2 Å². The molecule has 2 fully saturated rings. The fourth-order valence-electron chi connectivity index (χ4n) is 2.57. The largest absolute Gasteiger partial charge is 0.468 e. The number of esters is 1. The number of fused-ring (bicyclic) bond motifs is 1. The van der Waals surface area contributed by atoms with Crippen molar-refractivity contribution in [2.24, 2.45) is 11.8 Å². The number of rotatable bonds is 1. The number of ether oxygens (including phenoxy) is 1. The first kappa shape index (κ1) is 8.05. The summed E-state index contributed by atoms with van der Waals surface area (Å²) in [6.45, 7) is 1.00. The molecule has 3 nitrogen and oxygen atoms in total. The Kier molecular flexibility index (Phi) is 2.05. The van der Waals surface area contributed by atoms with Gasteiger partial charge in [-0.2, -0.15) is 0 Å². The van der Waals surface area contributed by atoms with E-state index in [0.29, 0.717) is 5.92 Å². The van der Waals surface area contributed by atoms with Crippen LogP contribution >= 0.6 is 0 Å². The van der Waals surface area contributed by atoms with Crippen LogP contribution in [0.5, 0.6) is 0 Å². The Labute approximate surface area is 72.5 Å². The van der Waals surface area contributed by atoms with Crippen LogP contribution in [-0.2, 0) is 9.53 Å². The number of carbonyl (C=O) groups is 1. The lowest BCUT2D eigenvalue weighted by molar-refractivity contribution is -0.143. The number of methoxy groups -OCH3 is 1. The SMILES string of the molecule is COC(=O)C1NCC2CCCC21. The highest BCUT2D eigenvalue weighted by molar-refractivity contribution is 5.76. The Balaban J connectivity index is 2.04. The molecule has 3 atom stereocenters. The normalized spacial score (nSPS) is 39.6. The van der Waals surface area contributed by atoms with E-state index < -0.39 is 0 Å². The third-order valence-electron chi connectivity index (χ3n) is 3.20. The molecule has 1 saturated carbocycles. The highest BCUT2D eigenvalue weighted by atomic mass is 16.5. The summed E-state index contributed by atoms with van der Waals surface area (Å²) in [5.41, 5.74) is 0. The quantitative estimate of drug-likeness (QED) is 0.582. The molecule has 0 aromatic carbocycles.